The number of piperidine rings is 2. The van der Waals surface area contributed by atoms with Gasteiger partial charge in [0.2, 0.25) is 0 Å². The molecule has 1 heteroatoms. The molecule has 11 heavy (non-hydrogen) atoms. The molecule has 0 radical (unpaired) electrons. The first-order chi connectivity index (χ1) is 5.31. The van der Waals surface area contributed by atoms with Crippen LogP contribution in [0.1, 0.15) is 26.7 Å². The Hall–Kier alpha value is -0.0400. The third-order valence-corrected chi connectivity index (χ3v) is 3.62. The predicted molar refractivity (Wildman–Crippen MR) is 47.5 cm³/mol. The van der Waals surface area contributed by atoms with Crippen molar-refractivity contribution in [2.75, 3.05) is 19.6 Å². The molecule has 0 spiro atoms. The zero-order valence-corrected chi connectivity index (χ0v) is 7.71. The number of hydrogen-bond acceptors (Lipinski definition) is 1. The van der Waals surface area contributed by atoms with Gasteiger partial charge in [-0.15, -0.1) is 0 Å². The second kappa shape index (κ2) is 2.78. The summed E-state index contributed by atoms with van der Waals surface area (Å²) in [5.41, 5.74) is 0. The van der Waals surface area contributed by atoms with Gasteiger partial charge >= 0.3 is 0 Å². The van der Waals surface area contributed by atoms with E-state index in [0.29, 0.717) is 0 Å². The van der Waals surface area contributed by atoms with E-state index in [1.165, 1.54) is 32.5 Å². The van der Waals surface area contributed by atoms with Crippen LogP contribution in [0.4, 0.5) is 0 Å². The number of nitrogens with zero attached hydrogens (tertiary/aromatic N) is 1. The van der Waals surface area contributed by atoms with Gasteiger partial charge in [0.05, 0.1) is 0 Å². The fourth-order valence-corrected chi connectivity index (χ4v) is 2.73. The van der Waals surface area contributed by atoms with Crippen LogP contribution < -0.4 is 0 Å². The van der Waals surface area contributed by atoms with Crippen molar-refractivity contribution < 1.29 is 0 Å². The summed E-state index contributed by atoms with van der Waals surface area (Å²) in [6.45, 7) is 8.84. The molecular weight excluding hydrogens is 134 g/mol. The van der Waals surface area contributed by atoms with E-state index in [4.69, 9.17) is 0 Å². The molecule has 0 amide bonds. The highest BCUT2D eigenvalue weighted by atomic mass is 15.1. The van der Waals surface area contributed by atoms with Gasteiger partial charge in [0, 0.05) is 13.1 Å². The van der Waals surface area contributed by atoms with Crippen molar-refractivity contribution in [2.24, 2.45) is 17.8 Å². The van der Waals surface area contributed by atoms with E-state index < -0.39 is 0 Å². The molecule has 2 atom stereocenters. The summed E-state index contributed by atoms with van der Waals surface area (Å²) in [7, 11) is 0. The summed E-state index contributed by atoms with van der Waals surface area (Å²) >= 11 is 0. The molecular formula is C10H19N. The van der Waals surface area contributed by atoms with E-state index in [-0.39, 0.29) is 0 Å². The van der Waals surface area contributed by atoms with Gasteiger partial charge in [0.1, 0.15) is 0 Å². The summed E-state index contributed by atoms with van der Waals surface area (Å²) in [6.07, 6.45) is 2.86. The third kappa shape index (κ3) is 1.20. The maximum atomic E-state index is 2.65. The van der Waals surface area contributed by atoms with Gasteiger partial charge in [-0.2, -0.15) is 0 Å². The zero-order chi connectivity index (χ0) is 7.84. The molecule has 0 aromatic carbocycles. The van der Waals surface area contributed by atoms with Crippen LogP contribution in [0.2, 0.25) is 0 Å². The normalized spacial score (nSPS) is 43.6. The molecule has 1 saturated carbocycles. The molecule has 2 bridgehead atoms. The smallest absolute Gasteiger partial charge is 0.00125 e. The Morgan fingerprint density at radius 3 is 2.36 bits per heavy atom. The molecule has 0 aromatic heterocycles. The molecule has 1 nitrogen and oxygen atoms in total. The molecule has 2 unspecified atom stereocenters. The molecule has 2 saturated heterocycles. The summed E-state index contributed by atoms with van der Waals surface area (Å²) < 4.78 is 0. The molecule has 0 aromatic rings. The minimum absolute atomic E-state index is 1.04. The number of rotatable bonds is 2. The van der Waals surface area contributed by atoms with Crippen LogP contribution in [-0.2, 0) is 0 Å². The SMILES string of the molecule is CCCN1CC2CC(C1)C2C. The van der Waals surface area contributed by atoms with E-state index >= 15 is 0 Å². The fourth-order valence-electron chi connectivity index (χ4n) is 2.73. The fraction of sp³-hybridized carbons (Fsp3) is 1.00. The molecule has 3 rings (SSSR count). The summed E-state index contributed by atoms with van der Waals surface area (Å²) in [5, 5.41) is 0. The first-order valence-electron chi connectivity index (χ1n) is 5.03. The van der Waals surface area contributed by atoms with Crippen LogP contribution in [0, 0.1) is 17.8 Å². The average Bonchev–Trinajstić information content (AvgIpc) is 2.05. The van der Waals surface area contributed by atoms with Crippen LogP contribution in [0.25, 0.3) is 0 Å². The second-order valence-corrected chi connectivity index (χ2v) is 4.37. The van der Waals surface area contributed by atoms with Crippen molar-refractivity contribution in [3.05, 3.63) is 0 Å². The van der Waals surface area contributed by atoms with Crippen molar-refractivity contribution in [1.82, 2.24) is 4.90 Å². The predicted octanol–water partition coefficient (Wildman–Crippen LogP) is 1.98. The zero-order valence-electron chi connectivity index (χ0n) is 7.71. The standard InChI is InChI=1S/C10H19N/c1-3-4-11-6-9-5-10(7-11)8(9)2/h8-10H,3-7H2,1-2H3. The highest BCUT2D eigenvalue weighted by Crippen LogP contribution is 2.44. The molecule has 2 aliphatic heterocycles. The van der Waals surface area contributed by atoms with Crippen molar-refractivity contribution in [3.8, 4) is 0 Å². The summed E-state index contributed by atoms with van der Waals surface area (Å²) in [6, 6.07) is 0. The summed E-state index contributed by atoms with van der Waals surface area (Å²) in [4.78, 5) is 2.65. The molecule has 3 aliphatic rings. The Morgan fingerprint density at radius 2 is 1.91 bits per heavy atom. The van der Waals surface area contributed by atoms with E-state index in [1.807, 2.05) is 0 Å². The van der Waals surface area contributed by atoms with E-state index in [0.717, 1.165) is 17.8 Å². The van der Waals surface area contributed by atoms with Gasteiger partial charge < -0.3 is 4.90 Å². The number of fused-ring (bicyclic) bond motifs is 2. The third-order valence-electron chi connectivity index (χ3n) is 3.62. The monoisotopic (exact) mass is 153 g/mol. The van der Waals surface area contributed by atoms with Crippen LogP contribution in [0.5, 0.6) is 0 Å². The van der Waals surface area contributed by atoms with Gasteiger partial charge in [0.15, 0.2) is 0 Å². The highest BCUT2D eigenvalue weighted by molar-refractivity contribution is 4.94. The van der Waals surface area contributed by atoms with Gasteiger partial charge in [-0.1, -0.05) is 13.8 Å². The first kappa shape index (κ1) is 7.60. The van der Waals surface area contributed by atoms with E-state index in [9.17, 15) is 0 Å². The molecule has 64 valence electrons. The van der Waals surface area contributed by atoms with Crippen LogP contribution in [0.3, 0.4) is 0 Å². The van der Waals surface area contributed by atoms with Crippen LogP contribution in [-0.4, -0.2) is 24.5 Å². The van der Waals surface area contributed by atoms with Gasteiger partial charge in [0.25, 0.3) is 0 Å². The van der Waals surface area contributed by atoms with Crippen molar-refractivity contribution in [3.63, 3.8) is 0 Å². The minimum atomic E-state index is 1.04. The number of hydrogen-bond donors (Lipinski definition) is 0. The lowest BCUT2D eigenvalue weighted by molar-refractivity contribution is -0.0327. The van der Waals surface area contributed by atoms with Crippen molar-refractivity contribution in [2.45, 2.75) is 26.7 Å². The topological polar surface area (TPSA) is 3.24 Å². The maximum absolute atomic E-state index is 2.65. The van der Waals surface area contributed by atoms with Crippen molar-refractivity contribution in [1.29, 1.82) is 0 Å². The molecule has 0 N–H and O–H groups in total. The van der Waals surface area contributed by atoms with Gasteiger partial charge in [-0.05, 0) is 37.1 Å². The lowest BCUT2D eigenvalue weighted by atomic mass is 9.62. The quantitative estimate of drug-likeness (QED) is 0.586. The van der Waals surface area contributed by atoms with Crippen LogP contribution >= 0.6 is 0 Å². The molecule has 2 heterocycles. The highest BCUT2D eigenvalue weighted by Gasteiger charge is 2.43. The second-order valence-electron chi connectivity index (χ2n) is 4.37. The van der Waals surface area contributed by atoms with Crippen LogP contribution in [0.15, 0.2) is 0 Å². The Bertz CT molecular complexity index is 132. The maximum Gasteiger partial charge on any atom is 0.00125 e. The largest absolute Gasteiger partial charge is 0.303 e. The molecule has 1 aliphatic carbocycles. The van der Waals surface area contributed by atoms with Crippen molar-refractivity contribution >= 4 is 0 Å². The summed E-state index contributed by atoms with van der Waals surface area (Å²) in [5.74, 6) is 3.16. The van der Waals surface area contributed by atoms with E-state index in [1.54, 1.807) is 0 Å². The van der Waals surface area contributed by atoms with Gasteiger partial charge in [-0.3, -0.25) is 0 Å². The Balaban J connectivity index is 1.84. The Labute approximate surface area is 69.8 Å². The van der Waals surface area contributed by atoms with Gasteiger partial charge in [-0.25, -0.2) is 0 Å². The average molecular weight is 153 g/mol. The van der Waals surface area contributed by atoms with E-state index in [2.05, 4.69) is 18.7 Å². The Kier molecular flexibility index (Phi) is 1.92. The lowest BCUT2D eigenvalue weighted by Crippen LogP contribution is -2.54. The Morgan fingerprint density at radius 1 is 1.27 bits per heavy atom. The molecule has 3 fully saturated rings. The minimum Gasteiger partial charge on any atom is -0.303 e. The first-order valence-corrected chi connectivity index (χ1v) is 5.03. The lowest BCUT2D eigenvalue weighted by Gasteiger charge is -2.52.